The van der Waals surface area contributed by atoms with Crippen LogP contribution in [0.5, 0.6) is 5.75 Å². The number of hydrogen-bond donors (Lipinski definition) is 1. The van der Waals surface area contributed by atoms with Crippen LogP contribution in [0.15, 0.2) is 48.5 Å². The van der Waals surface area contributed by atoms with Gasteiger partial charge >= 0.3 is 0 Å². The molecule has 0 unspecified atom stereocenters. The Morgan fingerprint density at radius 2 is 1.65 bits per heavy atom. The van der Waals surface area contributed by atoms with Crippen LogP contribution in [0.4, 0.5) is 10.1 Å². The maximum absolute atomic E-state index is 13.4. The minimum atomic E-state index is -3.59. The molecule has 2 amide bonds. The summed E-state index contributed by atoms with van der Waals surface area (Å²) in [5.74, 6) is -0.298. The summed E-state index contributed by atoms with van der Waals surface area (Å²) in [5, 5.41) is 2.86. The van der Waals surface area contributed by atoms with Crippen LogP contribution in [0, 0.1) is 5.82 Å². The fourth-order valence-electron chi connectivity index (χ4n) is 3.97. The van der Waals surface area contributed by atoms with E-state index in [1.807, 2.05) is 27.7 Å². The molecule has 8 nitrogen and oxygen atoms in total. The first-order valence-corrected chi connectivity index (χ1v) is 14.4. The third kappa shape index (κ3) is 9.35. The molecule has 0 aliphatic rings. The normalized spacial score (nSPS) is 12.2. The Morgan fingerprint density at radius 1 is 1.03 bits per heavy atom. The molecule has 2 aromatic carbocycles. The fraction of sp³-hybridized carbons (Fsp3) is 0.481. The van der Waals surface area contributed by atoms with Crippen molar-refractivity contribution < 1.29 is 27.1 Å². The van der Waals surface area contributed by atoms with Crippen LogP contribution in [0.3, 0.4) is 0 Å². The van der Waals surface area contributed by atoms with Crippen molar-refractivity contribution in [1.82, 2.24) is 10.2 Å². The summed E-state index contributed by atoms with van der Waals surface area (Å²) in [6.07, 6.45) is 1.81. The third-order valence-corrected chi connectivity index (χ3v) is 6.86. The van der Waals surface area contributed by atoms with Gasteiger partial charge in [-0.3, -0.25) is 13.9 Å². The summed E-state index contributed by atoms with van der Waals surface area (Å²) in [6.45, 7) is 8.11. The number of amides is 2. The molecule has 0 saturated carbocycles. The van der Waals surface area contributed by atoms with Gasteiger partial charge in [0.25, 0.3) is 0 Å². The van der Waals surface area contributed by atoms with Crippen LogP contribution in [0.25, 0.3) is 0 Å². The van der Waals surface area contributed by atoms with Gasteiger partial charge in [0.05, 0.1) is 18.6 Å². The molecular formula is C27H38FN3O5S. The van der Waals surface area contributed by atoms with Crippen molar-refractivity contribution in [2.24, 2.45) is 0 Å². The average molecular weight is 536 g/mol. The quantitative estimate of drug-likeness (QED) is 0.393. The maximum Gasteiger partial charge on any atom is 0.243 e. The van der Waals surface area contributed by atoms with Crippen LogP contribution < -0.4 is 14.4 Å². The van der Waals surface area contributed by atoms with Crippen LogP contribution in [-0.2, 0) is 26.2 Å². The summed E-state index contributed by atoms with van der Waals surface area (Å²) in [6, 6.07) is 11.7. The highest BCUT2D eigenvalue weighted by Crippen LogP contribution is 2.23. The molecule has 0 heterocycles. The highest BCUT2D eigenvalue weighted by atomic mass is 32.2. The van der Waals surface area contributed by atoms with Gasteiger partial charge in [0, 0.05) is 25.6 Å². The molecule has 0 aromatic heterocycles. The number of hydrogen-bond acceptors (Lipinski definition) is 5. The molecule has 37 heavy (non-hydrogen) atoms. The highest BCUT2D eigenvalue weighted by molar-refractivity contribution is 7.92. The number of nitrogens with one attached hydrogen (secondary N) is 1. The van der Waals surface area contributed by atoms with E-state index in [0.717, 1.165) is 6.26 Å². The van der Waals surface area contributed by atoms with Gasteiger partial charge in [-0.05, 0) is 75.6 Å². The van der Waals surface area contributed by atoms with Crippen molar-refractivity contribution in [1.29, 1.82) is 0 Å². The monoisotopic (exact) mass is 535 g/mol. The molecule has 2 aromatic rings. The molecule has 204 valence electrons. The van der Waals surface area contributed by atoms with E-state index >= 15 is 0 Å². The predicted molar refractivity (Wildman–Crippen MR) is 143 cm³/mol. The van der Waals surface area contributed by atoms with Gasteiger partial charge in [0.15, 0.2) is 0 Å². The van der Waals surface area contributed by atoms with E-state index in [4.69, 9.17) is 4.74 Å². The lowest BCUT2D eigenvalue weighted by atomic mass is 10.1. The number of sulfonamides is 1. The van der Waals surface area contributed by atoms with Crippen molar-refractivity contribution >= 4 is 27.5 Å². The average Bonchev–Trinajstić information content (AvgIpc) is 2.82. The van der Waals surface area contributed by atoms with Gasteiger partial charge in [-0.2, -0.15) is 0 Å². The van der Waals surface area contributed by atoms with Crippen molar-refractivity contribution in [2.75, 3.05) is 23.7 Å². The van der Waals surface area contributed by atoms with Crippen LogP contribution in [-0.4, -0.2) is 56.6 Å². The van der Waals surface area contributed by atoms with Crippen molar-refractivity contribution in [2.45, 2.75) is 65.6 Å². The molecule has 0 fully saturated rings. The zero-order chi connectivity index (χ0) is 27.6. The first-order chi connectivity index (χ1) is 17.5. The van der Waals surface area contributed by atoms with Crippen molar-refractivity contribution in [3.05, 3.63) is 59.9 Å². The van der Waals surface area contributed by atoms with Gasteiger partial charge in [-0.25, -0.2) is 12.8 Å². The van der Waals surface area contributed by atoms with Crippen molar-refractivity contribution in [3.63, 3.8) is 0 Å². The minimum Gasteiger partial charge on any atom is -0.494 e. The van der Waals surface area contributed by atoms with E-state index in [0.29, 0.717) is 30.0 Å². The number of anilines is 1. The summed E-state index contributed by atoms with van der Waals surface area (Å²) in [7, 11) is -3.59. The van der Waals surface area contributed by atoms with Gasteiger partial charge in [0.2, 0.25) is 21.8 Å². The molecule has 1 atom stereocenters. The molecule has 0 aliphatic heterocycles. The van der Waals surface area contributed by atoms with E-state index in [1.165, 1.54) is 21.3 Å². The molecule has 0 bridgehead atoms. The standard InChI is InChI=1S/C27H38FN3O5S/c1-6-25(27(33)29-20(3)4)30(19-21-10-12-22(28)13-11-21)26(32)9-8-18-31(37(5,34)35)23-14-16-24(17-15-23)36-7-2/h10-17,20,25H,6-9,18-19H2,1-5H3,(H,29,33)/t25-/m1/s1. The largest absolute Gasteiger partial charge is 0.494 e. The van der Waals surface area contributed by atoms with E-state index in [1.54, 1.807) is 36.4 Å². The van der Waals surface area contributed by atoms with Crippen molar-refractivity contribution in [3.8, 4) is 5.75 Å². The highest BCUT2D eigenvalue weighted by Gasteiger charge is 2.29. The van der Waals surface area contributed by atoms with E-state index < -0.39 is 16.1 Å². The second-order valence-electron chi connectivity index (χ2n) is 9.10. The summed E-state index contributed by atoms with van der Waals surface area (Å²) < 4.78 is 45.1. The Bertz CT molecular complexity index is 1120. The second kappa shape index (κ2) is 14.0. The molecule has 0 aliphatic carbocycles. The Hall–Kier alpha value is -3.14. The smallest absolute Gasteiger partial charge is 0.243 e. The Balaban J connectivity index is 2.19. The van der Waals surface area contributed by atoms with Crippen LogP contribution in [0.2, 0.25) is 0 Å². The number of nitrogens with zero attached hydrogens (tertiary/aromatic N) is 2. The molecule has 1 N–H and O–H groups in total. The van der Waals surface area contributed by atoms with Crippen LogP contribution >= 0.6 is 0 Å². The van der Waals surface area contributed by atoms with Gasteiger partial charge < -0.3 is 15.0 Å². The summed E-state index contributed by atoms with van der Waals surface area (Å²) >= 11 is 0. The van der Waals surface area contributed by atoms with Crippen LogP contribution in [0.1, 0.15) is 52.5 Å². The predicted octanol–water partition coefficient (Wildman–Crippen LogP) is 4.10. The zero-order valence-electron chi connectivity index (χ0n) is 22.2. The Morgan fingerprint density at radius 3 is 2.16 bits per heavy atom. The summed E-state index contributed by atoms with van der Waals surface area (Å²) in [4.78, 5) is 27.8. The van der Waals surface area contributed by atoms with Gasteiger partial charge in [0.1, 0.15) is 17.6 Å². The minimum absolute atomic E-state index is 0.0374. The second-order valence-corrected chi connectivity index (χ2v) is 11.0. The molecule has 0 radical (unpaired) electrons. The molecule has 2 rings (SSSR count). The SMILES string of the molecule is CCOc1ccc(N(CCCC(=O)N(Cc2ccc(F)cc2)[C@H](CC)C(=O)NC(C)C)S(C)(=O)=O)cc1. The fourth-order valence-corrected chi connectivity index (χ4v) is 4.93. The Labute approximate surface area is 219 Å². The van der Waals surface area contributed by atoms with E-state index in [-0.39, 0.29) is 49.6 Å². The molecular weight excluding hydrogens is 497 g/mol. The molecule has 10 heteroatoms. The topological polar surface area (TPSA) is 96.0 Å². The number of carbonyl (C=O) groups is 2. The first-order valence-electron chi connectivity index (χ1n) is 12.5. The number of halogens is 1. The third-order valence-electron chi connectivity index (χ3n) is 5.67. The van der Waals surface area contributed by atoms with Gasteiger partial charge in [-0.1, -0.05) is 19.1 Å². The number of benzene rings is 2. The Kier molecular flexibility index (Phi) is 11.4. The lowest BCUT2D eigenvalue weighted by Crippen LogP contribution is -2.50. The zero-order valence-corrected chi connectivity index (χ0v) is 23.1. The molecule has 0 saturated heterocycles. The lowest BCUT2D eigenvalue weighted by Gasteiger charge is -2.31. The van der Waals surface area contributed by atoms with E-state index in [9.17, 15) is 22.4 Å². The number of rotatable bonds is 14. The van der Waals surface area contributed by atoms with Gasteiger partial charge in [-0.15, -0.1) is 0 Å². The molecule has 0 spiro atoms. The summed E-state index contributed by atoms with van der Waals surface area (Å²) in [5.41, 5.74) is 1.17. The maximum atomic E-state index is 13.4. The first kappa shape index (κ1) is 30.1. The number of ether oxygens (including phenoxy) is 1. The van der Waals surface area contributed by atoms with E-state index in [2.05, 4.69) is 5.32 Å². The number of carbonyl (C=O) groups excluding carboxylic acids is 2. The lowest BCUT2D eigenvalue weighted by molar-refractivity contribution is -0.141.